The van der Waals surface area contributed by atoms with E-state index in [1.807, 2.05) is 0 Å². The Morgan fingerprint density at radius 1 is 1.59 bits per heavy atom. The van der Waals surface area contributed by atoms with Gasteiger partial charge in [-0.1, -0.05) is 13.0 Å². The van der Waals surface area contributed by atoms with E-state index in [-0.39, 0.29) is 12.1 Å². The van der Waals surface area contributed by atoms with Gasteiger partial charge in [-0.2, -0.15) is 0 Å². The molecule has 0 spiro atoms. The molecule has 0 amide bonds. The Bertz CT molecular complexity index is 517. The van der Waals surface area contributed by atoms with Crippen LogP contribution >= 0.6 is 15.9 Å². The van der Waals surface area contributed by atoms with Crippen molar-refractivity contribution in [1.82, 2.24) is 4.57 Å². The first-order chi connectivity index (χ1) is 7.95. The molecule has 0 atom stereocenters. The van der Waals surface area contributed by atoms with E-state index in [2.05, 4.69) is 15.9 Å². The van der Waals surface area contributed by atoms with Crippen LogP contribution in [-0.4, -0.2) is 15.6 Å². The molecule has 0 aliphatic carbocycles. The molecule has 1 aromatic heterocycles. The third-order valence-electron chi connectivity index (χ3n) is 2.42. The molecule has 0 unspecified atom stereocenters. The van der Waals surface area contributed by atoms with Gasteiger partial charge in [-0.25, -0.2) is 4.79 Å². The predicted octanol–water partition coefficient (Wildman–Crippen LogP) is 2.34. The van der Waals surface area contributed by atoms with Gasteiger partial charge in [0.05, 0.1) is 0 Å². The van der Waals surface area contributed by atoms with Crippen molar-refractivity contribution >= 4 is 21.9 Å². The van der Waals surface area contributed by atoms with E-state index in [1.54, 1.807) is 32.2 Å². The summed E-state index contributed by atoms with van der Waals surface area (Å²) in [5.41, 5.74) is 0.834. The second-order valence-corrected chi connectivity index (χ2v) is 4.60. The summed E-state index contributed by atoms with van der Waals surface area (Å²) in [6, 6.07) is 1.74. The smallest absolute Gasteiger partial charge is 0.331 e. The van der Waals surface area contributed by atoms with E-state index < -0.39 is 5.97 Å². The Kier molecular flexibility index (Phi) is 4.69. The molecule has 0 saturated heterocycles. The fourth-order valence-corrected chi connectivity index (χ4v) is 2.06. The van der Waals surface area contributed by atoms with Gasteiger partial charge in [0.25, 0.3) is 5.56 Å². The van der Waals surface area contributed by atoms with Crippen LogP contribution in [0.5, 0.6) is 0 Å². The molecule has 4 nitrogen and oxygen atoms in total. The van der Waals surface area contributed by atoms with E-state index in [4.69, 9.17) is 5.11 Å². The van der Waals surface area contributed by atoms with Crippen LogP contribution in [0, 0.1) is 6.92 Å². The topological polar surface area (TPSA) is 59.3 Å². The van der Waals surface area contributed by atoms with Crippen molar-refractivity contribution in [3.05, 3.63) is 44.3 Å². The van der Waals surface area contributed by atoms with Gasteiger partial charge in [0.2, 0.25) is 0 Å². The summed E-state index contributed by atoms with van der Waals surface area (Å²) in [4.78, 5) is 22.6. The molecule has 17 heavy (non-hydrogen) atoms. The van der Waals surface area contributed by atoms with E-state index in [0.717, 1.165) is 4.47 Å². The Hall–Kier alpha value is -1.36. The lowest BCUT2D eigenvalue weighted by Gasteiger charge is -2.05. The molecule has 5 heteroatoms. The monoisotopic (exact) mass is 299 g/mol. The fraction of sp³-hybridized carbons (Fsp3) is 0.333. The van der Waals surface area contributed by atoms with E-state index >= 15 is 0 Å². The molecule has 1 heterocycles. The standard InChI is InChI=1S/C12H14BrNO3/c1-3-9(12(16)17)4-5-14-7-10(13)6-8(2)11(14)15/h4,6-7H,3,5H2,1-2H3,(H,16,17)/b9-4-. The zero-order valence-corrected chi connectivity index (χ0v) is 11.3. The van der Waals surface area contributed by atoms with Crippen LogP contribution in [0.4, 0.5) is 0 Å². The number of nitrogens with zero attached hydrogens (tertiary/aromatic N) is 1. The van der Waals surface area contributed by atoms with E-state index in [0.29, 0.717) is 17.6 Å². The zero-order chi connectivity index (χ0) is 13.0. The SMILES string of the molecule is CC/C(=C/Cn1cc(Br)cc(C)c1=O)C(=O)O. The van der Waals surface area contributed by atoms with Crippen molar-refractivity contribution in [2.24, 2.45) is 0 Å². The Labute approximate surface area is 108 Å². The predicted molar refractivity (Wildman–Crippen MR) is 69.1 cm³/mol. The minimum Gasteiger partial charge on any atom is -0.478 e. The summed E-state index contributed by atoms with van der Waals surface area (Å²) in [6.07, 6.45) is 3.66. The Balaban J connectivity index is 3.04. The van der Waals surface area contributed by atoms with E-state index in [1.165, 1.54) is 4.57 Å². The molecule has 0 saturated carbocycles. The van der Waals surface area contributed by atoms with Gasteiger partial charge in [-0.05, 0) is 35.3 Å². The van der Waals surface area contributed by atoms with Crippen LogP contribution in [0.15, 0.2) is 33.2 Å². The minimum atomic E-state index is -0.938. The number of hydrogen-bond donors (Lipinski definition) is 1. The fourth-order valence-electron chi connectivity index (χ4n) is 1.47. The van der Waals surface area contributed by atoms with Crippen LogP contribution < -0.4 is 5.56 Å². The van der Waals surface area contributed by atoms with Gasteiger partial charge in [0.15, 0.2) is 0 Å². The minimum absolute atomic E-state index is 0.106. The Morgan fingerprint density at radius 3 is 2.76 bits per heavy atom. The first-order valence-electron chi connectivity index (χ1n) is 5.24. The van der Waals surface area contributed by atoms with Crippen LogP contribution in [-0.2, 0) is 11.3 Å². The molecule has 0 aliphatic rings. The highest BCUT2D eigenvalue weighted by atomic mass is 79.9. The summed E-state index contributed by atoms with van der Waals surface area (Å²) in [6.45, 7) is 3.77. The molecule has 0 aliphatic heterocycles. The van der Waals surface area contributed by atoms with Crippen molar-refractivity contribution < 1.29 is 9.90 Å². The van der Waals surface area contributed by atoms with Gasteiger partial charge in [0.1, 0.15) is 0 Å². The first kappa shape index (κ1) is 13.7. The lowest BCUT2D eigenvalue weighted by atomic mass is 10.2. The maximum absolute atomic E-state index is 11.8. The van der Waals surface area contributed by atoms with Gasteiger partial charge in [0, 0.05) is 28.4 Å². The molecule has 1 aromatic rings. The average molecular weight is 300 g/mol. The van der Waals surface area contributed by atoms with Crippen molar-refractivity contribution in [2.45, 2.75) is 26.8 Å². The van der Waals surface area contributed by atoms with Crippen molar-refractivity contribution in [1.29, 1.82) is 0 Å². The number of aryl methyl sites for hydroxylation is 1. The molecule has 0 radical (unpaired) electrons. The highest BCUT2D eigenvalue weighted by Crippen LogP contribution is 2.08. The molecule has 0 bridgehead atoms. The van der Waals surface area contributed by atoms with Gasteiger partial charge in [-0.3, -0.25) is 4.79 Å². The lowest BCUT2D eigenvalue weighted by molar-refractivity contribution is -0.132. The zero-order valence-electron chi connectivity index (χ0n) is 9.74. The van der Waals surface area contributed by atoms with Crippen LogP contribution in [0.3, 0.4) is 0 Å². The van der Waals surface area contributed by atoms with Crippen LogP contribution in [0.2, 0.25) is 0 Å². The maximum atomic E-state index is 11.8. The number of carbonyl (C=O) groups is 1. The number of aromatic nitrogens is 1. The quantitative estimate of drug-likeness (QED) is 0.868. The number of halogens is 1. The molecular weight excluding hydrogens is 286 g/mol. The number of allylic oxidation sites excluding steroid dienone is 1. The average Bonchev–Trinajstić information content (AvgIpc) is 2.25. The summed E-state index contributed by atoms with van der Waals surface area (Å²) in [7, 11) is 0. The molecule has 0 aromatic carbocycles. The summed E-state index contributed by atoms with van der Waals surface area (Å²) in [5, 5.41) is 8.86. The first-order valence-corrected chi connectivity index (χ1v) is 6.04. The maximum Gasteiger partial charge on any atom is 0.331 e. The molecule has 1 N–H and O–H groups in total. The summed E-state index contributed by atoms with van der Waals surface area (Å²) >= 11 is 3.30. The number of aliphatic carboxylic acids is 1. The van der Waals surface area contributed by atoms with Crippen molar-refractivity contribution in [3.8, 4) is 0 Å². The number of hydrogen-bond acceptors (Lipinski definition) is 2. The van der Waals surface area contributed by atoms with E-state index in [9.17, 15) is 9.59 Å². The van der Waals surface area contributed by atoms with Crippen molar-refractivity contribution in [2.75, 3.05) is 0 Å². The van der Waals surface area contributed by atoms with Gasteiger partial charge < -0.3 is 9.67 Å². The van der Waals surface area contributed by atoms with Crippen LogP contribution in [0.25, 0.3) is 0 Å². The highest BCUT2D eigenvalue weighted by Gasteiger charge is 2.05. The van der Waals surface area contributed by atoms with Gasteiger partial charge in [-0.15, -0.1) is 0 Å². The van der Waals surface area contributed by atoms with Crippen LogP contribution in [0.1, 0.15) is 18.9 Å². The lowest BCUT2D eigenvalue weighted by Crippen LogP contribution is -2.21. The highest BCUT2D eigenvalue weighted by molar-refractivity contribution is 9.10. The third kappa shape index (κ3) is 3.56. The number of carboxylic acid groups (broad SMARTS) is 1. The molecule has 1 rings (SSSR count). The Morgan fingerprint density at radius 2 is 2.24 bits per heavy atom. The number of rotatable bonds is 4. The molecular formula is C12H14BrNO3. The third-order valence-corrected chi connectivity index (χ3v) is 2.86. The second-order valence-electron chi connectivity index (χ2n) is 3.69. The number of pyridine rings is 1. The molecule has 92 valence electrons. The summed E-state index contributed by atoms with van der Waals surface area (Å²) in [5.74, 6) is -0.938. The van der Waals surface area contributed by atoms with Crippen molar-refractivity contribution in [3.63, 3.8) is 0 Å². The summed E-state index contributed by atoms with van der Waals surface area (Å²) < 4.78 is 2.29. The number of carboxylic acids is 1. The molecule has 0 fully saturated rings. The second kappa shape index (κ2) is 5.82. The largest absolute Gasteiger partial charge is 0.478 e. The normalized spacial score (nSPS) is 11.6. The van der Waals surface area contributed by atoms with Gasteiger partial charge >= 0.3 is 5.97 Å².